The van der Waals surface area contributed by atoms with Gasteiger partial charge >= 0.3 is 6.18 Å². The zero-order chi connectivity index (χ0) is 15.5. The fourth-order valence-corrected chi connectivity index (χ4v) is 3.76. The van der Waals surface area contributed by atoms with Crippen LogP contribution >= 0.6 is 0 Å². The van der Waals surface area contributed by atoms with E-state index in [0.29, 0.717) is 25.3 Å². The van der Waals surface area contributed by atoms with Crippen LogP contribution in [-0.4, -0.2) is 50.0 Å². The van der Waals surface area contributed by atoms with Gasteiger partial charge in [0.25, 0.3) is 0 Å². The second-order valence-corrected chi connectivity index (χ2v) is 6.71. The molecule has 1 heterocycles. The summed E-state index contributed by atoms with van der Waals surface area (Å²) in [6.45, 7) is 2.89. The molecule has 0 radical (unpaired) electrons. The van der Waals surface area contributed by atoms with Crippen molar-refractivity contribution in [3.63, 3.8) is 0 Å². The zero-order valence-electron chi connectivity index (χ0n) is 12.8. The third kappa shape index (κ3) is 4.11. The molecule has 0 aromatic carbocycles. The predicted octanol–water partition coefficient (Wildman–Crippen LogP) is 2.79. The van der Waals surface area contributed by atoms with Gasteiger partial charge < -0.3 is 10.5 Å². The summed E-state index contributed by atoms with van der Waals surface area (Å²) in [7, 11) is 2.01. The Balaban J connectivity index is 1.92. The summed E-state index contributed by atoms with van der Waals surface area (Å²) in [6, 6.07) is 0. The van der Waals surface area contributed by atoms with E-state index < -0.39 is 12.1 Å². The molecule has 6 heteroatoms. The molecular weight excluding hydrogens is 281 g/mol. The van der Waals surface area contributed by atoms with E-state index in [1.807, 2.05) is 7.05 Å². The molecule has 1 unspecified atom stereocenters. The molecule has 2 aliphatic rings. The van der Waals surface area contributed by atoms with Crippen LogP contribution in [-0.2, 0) is 4.74 Å². The van der Waals surface area contributed by atoms with Crippen molar-refractivity contribution in [1.29, 1.82) is 0 Å². The summed E-state index contributed by atoms with van der Waals surface area (Å²) in [4.78, 5) is 2.21. The summed E-state index contributed by atoms with van der Waals surface area (Å²) in [5.41, 5.74) is 5.68. The highest BCUT2D eigenvalue weighted by Crippen LogP contribution is 2.43. The lowest BCUT2D eigenvalue weighted by molar-refractivity contribution is -0.188. The zero-order valence-corrected chi connectivity index (χ0v) is 12.8. The molecule has 0 spiro atoms. The van der Waals surface area contributed by atoms with Gasteiger partial charge in [0, 0.05) is 25.2 Å². The van der Waals surface area contributed by atoms with Crippen molar-refractivity contribution in [3.8, 4) is 0 Å². The van der Waals surface area contributed by atoms with Crippen LogP contribution in [0.3, 0.4) is 0 Å². The molecule has 1 atom stereocenters. The molecule has 0 bridgehead atoms. The lowest BCUT2D eigenvalue weighted by Gasteiger charge is -2.47. The van der Waals surface area contributed by atoms with Gasteiger partial charge in [-0.15, -0.1) is 0 Å². The first kappa shape index (κ1) is 17.0. The molecule has 21 heavy (non-hydrogen) atoms. The third-order valence-electron chi connectivity index (χ3n) is 5.36. The van der Waals surface area contributed by atoms with Crippen molar-refractivity contribution in [1.82, 2.24) is 4.90 Å². The van der Waals surface area contributed by atoms with Gasteiger partial charge in [-0.1, -0.05) is 0 Å². The van der Waals surface area contributed by atoms with E-state index in [4.69, 9.17) is 10.5 Å². The molecule has 1 aliphatic carbocycles. The number of nitrogens with zero attached hydrogens (tertiary/aromatic N) is 1. The minimum Gasteiger partial charge on any atom is -0.381 e. The second-order valence-electron chi connectivity index (χ2n) is 6.71. The summed E-state index contributed by atoms with van der Waals surface area (Å²) in [6.07, 6.45) is -0.370. The van der Waals surface area contributed by atoms with Crippen LogP contribution < -0.4 is 5.73 Å². The monoisotopic (exact) mass is 308 g/mol. The van der Waals surface area contributed by atoms with Gasteiger partial charge in [0.2, 0.25) is 0 Å². The molecule has 0 amide bonds. The number of hydrogen-bond donors (Lipinski definition) is 1. The van der Waals surface area contributed by atoms with Crippen molar-refractivity contribution in [2.75, 3.05) is 33.4 Å². The van der Waals surface area contributed by atoms with Crippen LogP contribution in [0.25, 0.3) is 0 Å². The first-order valence-electron chi connectivity index (χ1n) is 7.93. The fraction of sp³-hybridized carbons (Fsp3) is 1.00. The van der Waals surface area contributed by atoms with Gasteiger partial charge in [-0.2, -0.15) is 13.2 Å². The van der Waals surface area contributed by atoms with Crippen LogP contribution in [0.1, 0.15) is 38.5 Å². The summed E-state index contributed by atoms with van der Waals surface area (Å²) >= 11 is 0. The molecule has 2 N–H and O–H groups in total. The first-order valence-corrected chi connectivity index (χ1v) is 7.93. The average molecular weight is 308 g/mol. The average Bonchev–Trinajstić information content (AvgIpc) is 2.47. The number of alkyl halides is 3. The van der Waals surface area contributed by atoms with Crippen molar-refractivity contribution >= 4 is 0 Å². The smallest absolute Gasteiger partial charge is 0.381 e. The third-order valence-corrected chi connectivity index (χ3v) is 5.36. The Morgan fingerprint density at radius 3 is 2.38 bits per heavy atom. The van der Waals surface area contributed by atoms with E-state index in [1.54, 1.807) is 0 Å². The molecule has 0 aromatic heterocycles. The number of nitrogens with two attached hydrogens (primary N) is 1. The van der Waals surface area contributed by atoms with E-state index in [2.05, 4.69) is 4.90 Å². The maximum atomic E-state index is 12.8. The second kappa shape index (κ2) is 6.84. The van der Waals surface area contributed by atoms with Gasteiger partial charge in [-0.25, -0.2) is 0 Å². The Morgan fingerprint density at radius 1 is 1.24 bits per heavy atom. The summed E-state index contributed by atoms with van der Waals surface area (Å²) < 4.78 is 43.9. The SMILES string of the molecule is CN(CC1CCCOC1)C1(CN)CCC(C(F)(F)F)CC1. The molecular formula is C15H27F3N2O. The van der Waals surface area contributed by atoms with Crippen molar-refractivity contribution in [2.45, 2.75) is 50.2 Å². The number of halogens is 3. The van der Waals surface area contributed by atoms with Crippen LogP contribution in [0, 0.1) is 11.8 Å². The topological polar surface area (TPSA) is 38.5 Å². The Labute approximate surface area is 125 Å². The van der Waals surface area contributed by atoms with Gasteiger partial charge in [0.15, 0.2) is 0 Å². The molecule has 1 saturated carbocycles. The van der Waals surface area contributed by atoms with Crippen molar-refractivity contribution in [3.05, 3.63) is 0 Å². The molecule has 124 valence electrons. The quantitative estimate of drug-likeness (QED) is 0.868. The largest absolute Gasteiger partial charge is 0.391 e. The van der Waals surface area contributed by atoms with E-state index in [-0.39, 0.29) is 18.4 Å². The summed E-state index contributed by atoms with van der Waals surface area (Å²) in [5.74, 6) is -0.670. The van der Waals surface area contributed by atoms with Gasteiger partial charge in [0.05, 0.1) is 12.5 Å². The molecule has 2 fully saturated rings. The normalized spacial score (nSPS) is 35.1. The number of ether oxygens (including phenoxy) is 1. The highest BCUT2D eigenvalue weighted by atomic mass is 19.4. The van der Waals surface area contributed by atoms with E-state index in [0.717, 1.165) is 32.6 Å². The van der Waals surface area contributed by atoms with Crippen LogP contribution in [0.4, 0.5) is 13.2 Å². The van der Waals surface area contributed by atoms with Crippen LogP contribution in [0.2, 0.25) is 0 Å². The lowest BCUT2D eigenvalue weighted by atomic mass is 9.75. The van der Waals surface area contributed by atoms with E-state index in [1.165, 1.54) is 0 Å². The van der Waals surface area contributed by atoms with E-state index >= 15 is 0 Å². The molecule has 1 aliphatic heterocycles. The number of hydrogen-bond acceptors (Lipinski definition) is 3. The van der Waals surface area contributed by atoms with Crippen molar-refractivity contribution < 1.29 is 17.9 Å². The minimum absolute atomic E-state index is 0.201. The molecule has 0 aromatic rings. The minimum atomic E-state index is -4.06. The van der Waals surface area contributed by atoms with Gasteiger partial charge in [-0.3, -0.25) is 4.90 Å². The number of likely N-dealkylation sites (N-methyl/N-ethyl adjacent to an activating group) is 1. The van der Waals surface area contributed by atoms with Crippen LogP contribution in [0.15, 0.2) is 0 Å². The van der Waals surface area contributed by atoms with Gasteiger partial charge in [0.1, 0.15) is 0 Å². The Morgan fingerprint density at radius 2 is 1.90 bits per heavy atom. The molecule has 2 rings (SSSR count). The van der Waals surface area contributed by atoms with E-state index in [9.17, 15) is 13.2 Å². The Kier molecular flexibility index (Phi) is 5.54. The maximum Gasteiger partial charge on any atom is 0.391 e. The lowest BCUT2D eigenvalue weighted by Crippen LogP contribution is -2.56. The Hall–Kier alpha value is -0.330. The predicted molar refractivity (Wildman–Crippen MR) is 76.0 cm³/mol. The van der Waals surface area contributed by atoms with Gasteiger partial charge in [-0.05, 0) is 51.5 Å². The van der Waals surface area contributed by atoms with Crippen LogP contribution in [0.5, 0.6) is 0 Å². The highest BCUT2D eigenvalue weighted by molar-refractivity contribution is 4.96. The Bertz CT molecular complexity index is 321. The maximum absolute atomic E-state index is 12.8. The first-order chi connectivity index (χ1) is 9.87. The summed E-state index contributed by atoms with van der Waals surface area (Å²) in [5, 5.41) is 0. The number of rotatable bonds is 4. The standard InChI is InChI=1S/C15H27F3N2O/c1-20(9-12-3-2-8-21-10-12)14(11-19)6-4-13(5-7-14)15(16,17)18/h12-13H,2-11,19H2,1H3. The molecule has 1 saturated heterocycles. The fourth-order valence-electron chi connectivity index (χ4n) is 3.76. The molecule has 3 nitrogen and oxygen atoms in total. The highest BCUT2D eigenvalue weighted by Gasteiger charge is 2.46. The van der Waals surface area contributed by atoms with Crippen molar-refractivity contribution in [2.24, 2.45) is 17.6 Å².